The third-order valence-electron chi connectivity index (χ3n) is 4.14. The average Bonchev–Trinajstić information content (AvgIpc) is 2.35. The fourth-order valence-corrected chi connectivity index (χ4v) is 2.53. The van der Waals surface area contributed by atoms with Gasteiger partial charge in [-0.15, -0.1) is 0 Å². The summed E-state index contributed by atoms with van der Waals surface area (Å²) in [5, 5.41) is 12.1. The largest absolute Gasteiger partial charge is 0.480 e. The van der Waals surface area contributed by atoms with Gasteiger partial charge in [0, 0.05) is 6.04 Å². The maximum atomic E-state index is 12.1. The minimum atomic E-state index is -1.17. The molecule has 1 aliphatic rings. The van der Waals surface area contributed by atoms with Gasteiger partial charge in [0.2, 0.25) is 5.91 Å². The molecular formula is C16H21NO3. The molecule has 0 radical (unpaired) electrons. The van der Waals surface area contributed by atoms with Crippen molar-refractivity contribution >= 4 is 11.9 Å². The van der Waals surface area contributed by atoms with Gasteiger partial charge in [-0.05, 0) is 38.2 Å². The summed E-state index contributed by atoms with van der Waals surface area (Å²) in [6.45, 7) is 1.93. The van der Waals surface area contributed by atoms with Gasteiger partial charge < -0.3 is 10.4 Å². The van der Waals surface area contributed by atoms with Gasteiger partial charge in [0.1, 0.15) is 5.41 Å². The molecule has 4 heteroatoms. The number of carbonyl (C=O) groups excluding carboxylic acids is 1. The monoisotopic (exact) mass is 275 g/mol. The van der Waals surface area contributed by atoms with E-state index in [1.54, 1.807) is 0 Å². The molecule has 0 bridgehead atoms. The Morgan fingerprint density at radius 1 is 1.30 bits per heavy atom. The Kier molecular flexibility index (Phi) is 4.42. The number of hydrogen-bond donors (Lipinski definition) is 2. The van der Waals surface area contributed by atoms with Gasteiger partial charge in [-0.2, -0.15) is 0 Å². The SMILES string of the molecule is CC(CCc1ccccc1)NC(=O)C1(C(=O)O)CCC1. The highest BCUT2D eigenvalue weighted by atomic mass is 16.4. The Balaban J connectivity index is 1.84. The van der Waals surface area contributed by atoms with Crippen molar-refractivity contribution < 1.29 is 14.7 Å². The van der Waals surface area contributed by atoms with Crippen LogP contribution in [-0.4, -0.2) is 23.0 Å². The second kappa shape index (κ2) is 6.07. The Hall–Kier alpha value is -1.84. The molecule has 2 rings (SSSR count). The van der Waals surface area contributed by atoms with Crippen LogP contribution in [0.2, 0.25) is 0 Å². The van der Waals surface area contributed by atoms with E-state index in [4.69, 9.17) is 0 Å². The summed E-state index contributed by atoms with van der Waals surface area (Å²) in [5.41, 5.74) is 0.0614. The first-order chi connectivity index (χ1) is 9.54. The second-order valence-corrected chi connectivity index (χ2v) is 5.64. The lowest BCUT2D eigenvalue weighted by atomic mass is 9.68. The van der Waals surface area contributed by atoms with Crippen molar-refractivity contribution in [2.75, 3.05) is 0 Å². The smallest absolute Gasteiger partial charge is 0.319 e. The minimum absolute atomic E-state index is 0.0143. The number of aliphatic carboxylic acids is 1. The quantitative estimate of drug-likeness (QED) is 0.783. The van der Waals surface area contributed by atoms with E-state index in [1.807, 2.05) is 25.1 Å². The molecule has 0 aromatic heterocycles. The fourth-order valence-electron chi connectivity index (χ4n) is 2.53. The Bertz CT molecular complexity index is 480. The second-order valence-electron chi connectivity index (χ2n) is 5.64. The van der Waals surface area contributed by atoms with Gasteiger partial charge >= 0.3 is 5.97 Å². The lowest BCUT2D eigenvalue weighted by molar-refractivity contribution is -0.162. The van der Waals surface area contributed by atoms with Gasteiger partial charge in [0.15, 0.2) is 0 Å². The van der Waals surface area contributed by atoms with E-state index in [2.05, 4.69) is 17.4 Å². The molecule has 0 aliphatic heterocycles. The van der Waals surface area contributed by atoms with Crippen LogP contribution in [-0.2, 0) is 16.0 Å². The van der Waals surface area contributed by atoms with Crippen molar-refractivity contribution in [1.82, 2.24) is 5.32 Å². The lowest BCUT2D eigenvalue weighted by Gasteiger charge is -2.36. The minimum Gasteiger partial charge on any atom is -0.480 e. The maximum Gasteiger partial charge on any atom is 0.319 e. The van der Waals surface area contributed by atoms with Gasteiger partial charge in [-0.25, -0.2) is 0 Å². The first kappa shape index (κ1) is 14.6. The van der Waals surface area contributed by atoms with Crippen LogP contribution in [0.1, 0.15) is 38.2 Å². The summed E-state index contributed by atoms with van der Waals surface area (Å²) in [7, 11) is 0. The maximum absolute atomic E-state index is 12.1. The Morgan fingerprint density at radius 3 is 2.45 bits per heavy atom. The predicted octanol–water partition coefficient (Wildman–Crippen LogP) is 2.38. The number of carboxylic acid groups (broad SMARTS) is 1. The number of nitrogens with one attached hydrogen (secondary N) is 1. The third-order valence-corrected chi connectivity index (χ3v) is 4.14. The summed E-state index contributed by atoms with van der Waals surface area (Å²) in [5.74, 6) is -1.31. The number of benzene rings is 1. The Morgan fingerprint density at radius 2 is 1.95 bits per heavy atom. The van der Waals surface area contributed by atoms with E-state index >= 15 is 0 Å². The van der Waals surface area contributed by atoms with Crippen LogP contribution in [0.4, 0.5) is 0 Å². The molecule has 20 heavy (non-hydrogen) atoms. The molecule has 1 aromatic rings. The van der Waals surface area contributed by atoms with Gasteiger partial charge in [0.05, 0.1) is 0 Å². The number of aryl methyl sites for hydroxylation is 1. The molecule has 4 nitrogen and oxygen atoms in total. The van der Waals surface area contributed by atoms with E-state index in [1.165, 1.54) is 5.56 Å². The van der Waals surface area contributed by atoms with Crippen LogP contribution in [0, 0.1) is 5.41 Å². The molecule has 1 aromatic carbocycles. The number of amides is 1. The van der Waals surface area contributed by atoms with E-state index in [0.29, 0.717) is 12.8 Å². The number of carboxylic acids is 1. The zero-order valence-electron chi connectivity index (χ0n) is 11.8. The third kappa shape index (κ3) is 3.00. The van der Waals surface area contributed by atoms with Crippen molar-refractivity contribution in [3.63, 3.8) is 0 Å². The molecule has 1 amide bonds. The topological polar surface area (TPSA) is 66.4 Å². The predicted molar refractivity (Wildman–Crippen MR) is 76.3 cm³/mol. The zero-order chi connectivity index (χ0) is 14.6. The summed E-state index contributed by atoms with van der Waals surface area (Å²) >= 11 is 0. The normalized spacial score (nSPS) is 17.9. The van der Waals surface area contributed by atoms with Crippen molar-refractivity contribution in [3.8, 4) is 0 Å². The van der Waals surface area contributed by atoms with E-state index < -0.39 is 11.4 Å². The number of hydrogen-bond acceptors (Lipinski definition) is 2. The summed E-state index contributed by atoms with van der Waals surface area (Å²) in [6.07, 6.45) is 3.42. The highest BCUT2D eigenvalue weighted by molar-refractivity contribution is 6.02. The molecule has 1 unspecified atom stereocenters. The van der Waals surface area contributed by atoms with Crippen LogP contribution in [0.25, 0.3) is 0 Å². The van der Waals surface area contributed by atoms with E-state index in [0.717, 1.165) is 19.3 Å². The number of rotatable bonds is 6. The molecule has 108 valence electrons. The van der Waals surface area contributed by atoms with Crippen molar-refractivity contribution in [2.45, 2.75) is 45.1 Å². The van der Waals surface area contributed by atoms with E-state index in [-0.39, 0.29) is 11.9 Å². The van der Waals surface area contributed by atoms with Crippen LogP contribution in [0.15, 0.2) is 30.3 Å². The molecular weight excluding hydrogens is 254 g/mol. The first-order valence-electron chi connectivity index (χ1n) is 7.13. The van der Waals surface area contributed by atoms with Crippen molar-refractivity contribution in [2.24, 2.45) is 5.41 Å². The summed E-state index contributed by atoms with van der Waals surface area (Å²) in [6, 6.07) is 10.1. The fraction of sp³-hybridized carbons (Fsp3) is 0.500. The average molecular weight is 275 g/mol. The molecule has 1 fully saturated rings. The zero-order valence-corrected chi connectivity index (χ0v) is 11.8. The molecule has 0 saturated heterocycles. The lowest BCUT2D eigenvalue weighted by Crippen LogP contribution is -2.53. The van der Waals surface area contributed by atoms with Crippen LogP contribution >= 0.6 is 0 Å². The van der Waals surface area contributed by atoms with E-state index in [9.17, 15) is 14.7 Å². The number of carbonyl (C=O) groups is 2. The highest BCUT2D eigenvalue weighted by Gasteiger charge is 2.51. The van der Waals surface area contributed by atoms with Gasteiger partial charge in [-0.1, -0.05) is 36.8 Å². The van der Waals surface area contributed by atoms with Crippen LogP contribution < -0.4 is 5.32 Å². The molecule has 2 N–H and O–H groups in total. The first-order valence-corrected chi connectivity index (χ1v) is 7.13. The van der Waals surface area contributed by atoms with Gasteiger partial charge in [0.25, 0.3) is 0 Å². The molecule has 1 saturated carbocycles. The molecule has 1 atom stereocenters. The standard InChI is InChI=1S/C16H21NO3/c1-12(8-9-13-6-3-2-4-7-13)17-14(18)16(15(19)20)10-5-11-16/h2-4,6-7,12H,5,8-11H2,1H3,(H,17,18)(H,19,20). The van der Waals surface area contributed by atoms with Crippen molar-refractivity contribution in [1.29, 1.82) is 0 Å². The molecule has 0 spiro atoms. The van der Waals surface area contributed by atoms with Crippen LogP contribution in [0.3, 0.4) is 0 Å². The Labute approximate surface area is 119 Å². The van der Waals surface area contributed by atoms with Crippen LogP contribution in [0.5, 0.6) is 0 Å². The summed E-state index contributed by atoms with van der Waals surface area (Å²) in [4.78, 5) is 23.4. The highest BCUT2D eigenvalue weighted by Crippen LogP contribution is 2.41. The summed E-state index contributed by atoms with van der Waals surface area (Å²) < 4.78 is 0. The molecule has 1 aliphatic carbocycles. The van der Waals surface area contributed by atoms with Crippen molar-refractivity contribution in [3.05, 3.63) is 35.9 Å². The molecule has 0 heterocycles. The van der Waals surface area contributed by atoms with Gasteiger partial charge in [-0.3, -0.25) is 9.59 Å².